The zero-order valence-electron chi connectivity index (χ0n) is 9.24. The summed E-state index contributed by atoms with van der Waals surface area (Å²) in [5.74, 6) is -0.838. The number of esters is 1. The quantitative estimate of drug-likeness (QED) is 0.520. The highest BCUT2D eigenvalue weighted by molar-refractivity contribution is 6.44. The SMILES string of the molecule is C=CCc1ccc(C(Cl)Cl)c(C(=O)OC)c1O. The van der Waals surface area contributed by atoms with E-state index < -0.39 is 10.8 Å². The van der Waals surface area contributed by atoms with Gasteiger partial charge in [-0.05, 0) is 12.0 Å². The topological polar surface area (TPSA) is 46.5 Å². The first-order valence-electron chi connectivity index (χ1n) is 4.85. The van der Waals surface area contributed by atoms with E-state index >= 15 is 0 Å². The van der Waals surface area contributed by atoms with Gasteiger partial charge in [0.05, 0.1) is 7.11 Å². The Balaban J connectivity index is 3.41. The van der Waals surface area contributed by atoms with Crippen LogP contribution in [-0.4, -0.2) is 18.2 Å². The number of hydrogen-bond acceptors (Lipinski definition) is 3. The van der Waals surface area contributed by atoms with Crippen LogP contribution in [0.4, 0.5) is 0 Å². The third-order valence-electron chi connectivity index (χ3n) is 2.28. The fourth-order valence-corrected chi connectivity index (χ4v) is 1.83. The van der Waals surface area contributed by atoms with E-state index in [1.807, 2.05) is 0 Å². The third kappa shape index (κ3) is 2.93. The number of benzene rings is 1. The molecule has 0 saturated carbocycles. The Morgan fingerprint density at radius 3 is 2.71 bits per heavy atom. The van der Waals surface area contributed by atoms with Gasteiger partial charge < -0.3 is 9.84 Å². The van der Waals surface area contributed by atoms with Crippen molar-refractivity contribution in [2.75, 3.05) is 7.11 Å². The summed E-state index contributed by atoms with van der Waals surface area (Å²) >= 11 is 11.5. The average Bonchev–Trinajstić information content (AvgIpc) is 2.30. The van der Waals surface area contributed by atoms with Crippen molar-refractivity contribution >= 4 is 29.2 Å². The second-order valence-electron chi connectivity index (χ2n) is 3.32. The second-order valence-corrected chi connectivity index (χ2v) is 4.42. The molecule has 0 aliphatic heterocycles. The van der Waals surface area contributed by atoms with Crippen LogP contribution >= 0.6 is 23.2 Å². The highest BCUT2D eigenvalue weighted by Crippen LogP contribution is 2.35. The molecule has 0 unspecified atom stereocenters. The number of rotatable bonds is 4. The van der Waals surface area contributed by atoms with E-state index in [0.29, 0.717) is 17.5 Å². The van der Waals surface area contributed by atoms with Gasteiger partial charge in [-0.25, -0.2) is 4.79 Å². The summed E-state index contributed by atoms with van der Waals surface area (Å²) in [6.45, 7) is 3.57. The summed E-state index contributed by atoms with van der Waals surface area (Å²) in [6.07, 6.45) is 2.06. The van der Waals surface area contributed by atoms with Crippen molar-refractivity contribution in [3.63, 3.8) is 0 Å². The summed E-state index contributed by atoms with van der Waals surface area (Å²) < 4.78 is 4.60. The molecular formula is C12H12Cl2O3. The molecule has 0 saturated heterocycles. The number of carbonyl (C=O) groups is 1. The van der Waals surface area contributed by atoms with E-state index in [2.05, 4.69) is 11.3 Å². The van der Waals surface area contributed by atoms with Crippen LogP contribution in [0, 0.1) is 0 Å². The lowest BCUT2D eigenvalue weighted by Crippen LogP contribution is -2.07. The summed E-state index contributed by atoms with van der Waals surface area (Å²) in [5.41, 5.74) is 0.894. The number of carbonyl (C=O) groups excluding carboxylic acids is 1. The first-order valence-corrected chi connectivity index (χ1v) is 5.72. The van der Waals surface area contributed by atoms with Gasteiger partial charge in [-0.3, -0.25) is 0 Å². The second kappa shape index (κ2) is 5.94. The van der Waals surface area contributed by atoms with Gasteiger partial charge in [0.1, 0.15) is 16.1 Å². The van der Waals surface area contributed by atoms with Gasteiger partial charge in [0.25, 0.3) is 0 Å². The number of alkyl halides is 2. The Morgan fingerprint density at radius 2 is 2.24 bits per heavy atom. The summed E-state index contributed by atoms with van der Waals surface area (Å²) in [5, 5.41) is 9.99. The van der Waals surface area contributed by atoms with Crippen LogP contribution in [0.2, 0.25) is 0 Å². The van der Waals surface area contributed by atoms with Gasteiger partial charge in [0, 0.05) is 5.56 Å². The Morgan fingerprint density at radius 1 is 1.59 bits per heavy atom. The molecule has 0 aliphatic rings. The molecule has 0 heterocycles. The first-order chi connectivity index (χ1) is 8.02. The van der Waals surface area contributed by atoms with E-state index in [1.165, 1.54) is 7.11 Å². The minimum atomic E-state index is -0.909. The van der Waals surface area contributed by atoms with Crippen molar-refractivity contribution < 1.29 is 14.6 Å². The van der Waals surface area contributed by atoms with Gasteiger partial charge in [-0.15, -0.1) is 29.8 Å². The fraction of sp³-hybridized carbons (Fsp3) is 0.250. The van der Waals surface area contributed by atoms with Crippen molar-refractivity contribution in [1.29, 1.82) is 0 Å². The Labute approximate surface area is 110 Å². The molecule has 1 N–H and O–H groups in total. The predicted molar refractivity (Wildman–Crippen MR) is 67.8 cm³/mol. The molecule has 17 heavy (non-hydrogen) atoms. The maximum absolute atomic E-state index is 11.6. The van der Waals surface area contributed by atoms with Crippen molar-refractivity contribution in [3.05, 3.63) is 41.5 Å². The van der Waals surface area contributed by atoms with E-state index in [1.54, 1.807) is 18.2 Å². The zero-order chi connectivity index (χ0) is 13.0. The van der Waals surface area contributed by atoms with Crippen LogP contribution in [0.25, 0.3) is 0 Å². The van der Waals surface area contributed by atoms with Crippen LogP contribution in [0.1, 0.15) is 26.3 Å². The predicted octanol–water partition coefficient (Wildman–Crippen LogP) is 3.38. The molecular weight excluding hydrogens is 263 g/mol. The zero-order valence-corrected chi connectivity index (χ0v) is 10.8. The molecule has 0 aromatic heterocycles. The van der Waals surface area contributed by atoms with Crippen LogP contribution in [-0.2, 0) is 11.2 Å². The highest BCUT2D eigenvalue weighted by atomic mass is 35.5. The number of hydrogen-bond donors (Lipinski definition) is 1. The third-order valence-corrected chi connectivity index (χ3v) is 2.75. The van der Waals surface area contributed by atoms with Crippen molar-refractivity contribution in [2.45, 2.75) is 11.3 Å². The van der Waals surface area contributed by atoms with Crippen LogP contribution < -0.4 is 0 Å². The van der Waals surface area contributed by atoms with Gasteiger partial charge in [-0.1, -0.05) is 18.2 Å². The molecule has 1 aromatic rings. The first kappa shape index (κ1) is 13.9. The smallest absolute Gasteiger partial charge is 0.342 e. The number of halogens is 2. The van der Waals surface area contributed by atoms with Gasteiger partial charge in [0.2, 0.25) is 0 Å². The van der Waals surface area contributed by atoms with E-state index in [-0.39, 0.29) is 11.3 Å². The molecule has 3 nitrogen and oxygen atoms in total. The average molecular weight is 275 g/mol. The van der Waals surface area contributed by atoms with Gasteiger partial charge >= 0.3 is 5.97 Å². The van der Waals surface area contributed by atoms with E-state index in [9.17, 15) is 9.90 Å². The number of phenols is 1. The van der Waals surface area contributed by atoms with Crippen LogP contribution in [0.3, 0.4) is 0 Å². The van der Waals surface area contributed by atoms with Crippen LogP contribution in [0.15, 0.2) is 24.8 Å². The molecule has 0 bridgehead atoms. The normalized spacial score (nSPS) is 10.4. The Kier molecular flexibility index (Phi) is 4.85. The molecule has 0 amide bonds. The van der Waals surface area contributed by atoms with Crippen molar-refractivity contribution in [1.82, 2.24) is 0 Å². The number of allylic oxidation sites excluding steroid dienone is 1. The molecule has 0 spiro atoms. The maximum atomic E-state index is 11.6. The molecule has 1 aromatic carbocycles. The summed E-state index contributed by atoms with van der Waals surface area (Å²) in [6, 6.07) is 3.24. The lowest BCUT2D eigenvalue weighted by molar-refractivity contribution is 0.0596. The lowest BCUT2D eigenvalue weighted by Gasteiger charge is -2.13. The number of aromatic hydroxyl groups is 1. The maximum Gasteiger partial charge on any atom is 0.342 e. The Bertz CT molecular complexity index is 442. The summed E-state index contributed by atoms with van der Waals surface area (Å²) in [7, 11) is 1.23. The van der Waals surface area contributed by atoms with E-state index in [0.717, 1.165) is 0 Å². The minimum absolute atomic E-state index is 0.00171. The highest BCUT2D eigenvalue weighted by Gasteiger charge is 2.22. The fourth-order valence-electron chi connectivity index (χ4n) is 1.47. The van der Waals surface area contributed by atoms with Crippen molar-refractivity contribution in [3.8, 4) is 5.75 Å². The largest absolute Gasteiger partial charge is 0.507 e. The monoisotopic (exact) mass is 274 g/mol. The molecule has 0 atom stereocenters. The molecule has 0 radical (unpaired) electrons. The molecule has 0 aliphatic carbocycles. The molecule has 5 heteroatoms. The standard InChI is InChI=1S/C12H12Cl2O3/c1-3-4-7-5-6-8(11(13)14)9(10(7)15)12(16)17-2/h3,5-6,11,15H,1,4H2,2H3. The number of phenolic OH excluding ortho intramolecular Hbond substituents is 1. The van der Waals surface area contributed by atoms with E-state index in [4.69, 9.17) is 23.2 Å². The summed E-state index contributed by atoms with van der Waals surface area (Å²) in [4.78, 5) is 10.7. The van der Waals surface area contributed by atoms with Gasteiger partial charge in [0.15, 0.2) is 0 Å². The lowest BCUT2D eigenvalue weighted by atomic mass is 10.0. The van der Waals surface area contributed by atoms with Crippen LogP contribution in [0.5, 0.6) is 5.75 Å². The van der Waals surface area contributed by atoms with Gasteiger partial charge in [-0.2, -0.15) is 0 Å². The molecule has 0 fully saturated rings. The molecule has 92 valence electrons. The Hall–Kier alpha value is -1.19. The molecule has 1 rings (SSSR count). The van der Waals surface area contributed by atoms with Crippen molar-refractivity contribution in [2.24, 2.45) is 0 Å². The number of methoxy groups -OCH3 is 1. The number of ether oxygens (including phenoxy) is 1. The minimum Gasteiger partial charge on any atom is -0.507 e.